The summed E-state index contributed by atoms with van der Waals surface area (Å²) >= 11 is 7.24. The Hall–Kier alpha value is -2.55. The van der Waals surface area contributed by atoms with E-state index in [-0.39, 0.29) is 11.3 Å². The molecule has 3 rings (SSSR count). The number of aryl methyl sites for hydroxylation is 1. The molecule has 3 aromatic rings. The third-order valence-electron chi connectivity index (χ3n) is 5.32. The molecule has 0 amide bonds. The van der Waals surface area contributed by atoms with Crippen LogP contribution in [0.1, 0.15) is 51.5 Å². The van der Waals surface area contributed by atoms with E-state index in [4.69, 9.17) is 15.8 Å². The second-order valence-corrected chi connectivity index (χ2v) is 10.9. The zero-order valence-corrected chi connectivity index (χ0v) is 23.9. The molecule has 0 aliphatic rings. The first-order valence-corrected chi connectivity index (χ1v) is 14.3. The molecule has 9 heteroatoms. The van der Waals surface area contributed by atoms with Gasteiger partial charge < -0.3 is 4.18 Å². The van der Waals surface area contributed by atoms with E-state index in [9.17, 15) is 21.6 Å². The van der Waals surface area contributed by atoms with Gasteiger partial charge in [-0.2, -0.15) is 21.6 Å². The van der Waals surface area contributed by atoms with Gasteiger partial charge in [-0.3, -0.25) is 0 Å². The molecule has 0 aliphatic carbocycles. The molecule has 0 fully saturated rings. The third-order valence-corrected chi connectivity index (χ3v) is 7.82. The van der Waals surface area contributed by atoms with Crippen LogP contribution in [0.4, 0.5) is 13.2 Å². The Bertz CT molecular complexity index is 1370. The Morgan fingerprint density at radius 2 is 1.57 bits per heavy atom. The van der Waals surface area contributed by atoms with E-state index in [0.29, 0.717) is 37.9 Å². The van der Waals surface area contributed by atoms with Crippen LogP contribution in [0.2, 0.25) is 5.02 Å². The maximum Gasteiger partial charge on any atom is 0.534 e. The quantitative estimate of drug-likeness (QED) is 0.161. The van der Waals surface area contributed by atoms with E-state index in [1.165, 1.54) is 11.3 Å². The molecule has 0 atom stereocenters. The van der Waals surface area contributed by atoms with Crippen LogP contribution in [-0.4, -0.2) is 13.9 Å². The van der Waals surface area contributed by atoms with Crippen molar-refractivity contribution in [1.29, 1.82) is 0 Å². The molecule has 3 nitrogen and oxygen atoms in total. The average Bonchev–Trinajstić information content (AvgIpc) is 3.22. The van der Waals surface area contributed by atoms with Crippen LogP contribution in [0.15, 0.2) is 66.3 Å². The Balaban J connectivity index is 0.00000235. The van der Waals surface area contributed by atoms with E-state index < -0.39 is 15.6 Å². The highest BCUT2D eigenvalue weighted by Gasteiger charge is 2.49. The lowest BCUT2D eigenvalue weighted by Gasteiger charge is -2.14. The Labute approximate surface area is 226 Å². The maximum absolute atomic E-state index is 13.4. The Kier molecular flexibility index (Phi) is 10.6. The highest BCUT2D eigenvalue weighted by atomic mass is 35.5. The fourth-order valence-electron chi connectivity index (χ4n) is 3.34. The molecule has 200 valence electrons. The van der Waals surface area contributed by atoms with E-state index in [1.807, 2.05) is 53.7 Å². The average molecular weight is 571 g/mol. The molecule has 0 radical (unpaired) electrons. The Morgan fingerprint density at radius 1 is 1.03 bits per heavy atom. The number of benzene rings is 2. The van der Waals surface area contributed by atoms with Crippen LogP contribution >= 0.6 is 22.9 Å². The molecule has 37 heavy (non-hydrogen) atoms. The van der Waals surface area contributed by atoms with Crippen LogP contribution in [-0.2, 0) is 10.1 Å². The van der Waals surface area contributed by atoms with Crippen molar-refractivity contribution in [2.24, 2.45) is 0 Å². The smallest absolute Gasteiger partial charge is 0.374 e. The predicted molar refractivity (Wildman–Crippen MR) is 150 cm³/mol. The molecular weight excluding hydrogens is 541 g/mol. The summed E-state index contributed by atoms with van der Waals surface area (Å²) in [5, 5.41) is 0.497. The number of thiophene rings is 1. The maximum atomic E-state index is 13.4. The van der Waals surface area contributed by atoms with Crippen LogP contribution < -0.4 is 4.18 Å². The first kappa shape index (κ1) is 30.7. The molecule has 0 spiro atoms. The van der Waals surface area contributed by atoms with Gasteiger partial charge in [0.05, 0.1) is 4.88 Å². The number of hydrogen-bond acceptors (Lipinski definition) is 4. The minimum atomic E-state index is -5.92. The Morgan fingerprint density at radius 3 is 2.05 bits per heavy atom. The zero-order chi connectivity index (χ0) is 28.0. The summed E-state index contributed by atoms with van der Waals surface area (Å²) in [6.07, 6.45) is 4.13. The third kappa shape index (κ3) is 7.27. The fraction of sp³-hybridized carbons (Fsp3) is 0.286. The minimum Gasteiger partial charge on any atom is -0.374 e. The van der Waals surface area contributed by atoms with Gasteiger partial charge in [0.2, 0.25) is 0 Å². The van der Waals surface area contributed by atoms with E-state index >= 15 is 0 Å². The number of rotatable bonds is 7. The molecule has 0 saturated carbocycles. The number of halogens is 4. The largest absolute Gasteiger partial charge is 0.534 e. The summed E-state index contributed by atoms with van der Waals surface area (Å²) in [7, 11) is -5.92. The summed E-state index contributed by atoms with van der Waals surface area (Å²) in [4.78, 5) is 0.896. The number of hydrogen-bond donors (Lipinski definition) is 0. The topological polar surface area (TPSA) is 43.4 Å². The molecule has 0 unspecified atom stereocenters. The lowest BCUT2D eigenvalue weighted by molar-refractivity contribution is -0.0499. The predicted octanol–water partition coefficient (Wildman–Crippen LogP) is 10.1. The van der Waals surface area contributed by atoms with Crippen LogP contribution in [0.5, 0.6) is 5.75 Å². The van der Waals surface area contributed by atoms with Gasteiger partial charge in [-0.15, -0.1) is 11.3 Å². The molecule has 0 bridgehead atoms. The molecule has 0 aliphatic heterocycles. The minimum absolute atomic E-state index is 0.276. The molecule has 1 heterocycles. The van der Waals surface area contributed by atoms with Gasteiger partial charge in [0.1, 0.15) is 0 Å². The second kappa shape index (κ2) is 12.8. The van der Waals surface area contributed by atoms with Crippen molar-refractivity contribution in [3.05, 3.63) is 81.7 Å². The van der Waals surface area contributed by atoms with Gasteiger partial charge in [-0.05, 0) is 56.0 Å². The highest BCUT2D eigenvalue weighted by Crippen LogP contribution is 2.52. The normalized spacial score (nSPS) is 12.7. The van der Waals surface area contributed by atoms with Gasteiger partial charge in [0.25, 0.3) is 0 Å². The van der Waals surface area contributed by atoms with Crippen molar-refractivity contribution in [2.45, 2.75) is 53.5 Å². The SMILES string of the molecule is C/C=C(C)\C=C(/CC)c1sc(-c2ccc(Cl)cc2)c(-c2ccc(C)cc2)c1OS(=O)(=O)C(F)(F)F.CC. The summed E-state index contributed by atoms with van der Waals surface area (Å²) in [5.41, 5.74) is -1.61. The summed E-state index contributed by atoms with van der Waals surface area (Å²) in [5.74, 6) is -0.335. The van der Waals surface area contributed by atoms with Gasteiger partial charge in [-0.1, -0.05) is 92.1 Å². The summed E-state index contributed by atoms with van der Waals surface area (Å²) in [6.45, 7) is 11.4. The van der Waals surface area contributed by atoms with Crippen molar-refractivity contribution in [2.75, 3.05) is 0 Å². The zero-order valence-electron chi connectivity index (χ0n) is 21.5. The van der Waals surface area contributed by atoms with Crippen molar-refractivity contribution >= 4 is 38.6 Å². The van der Waals surface area contributed by atoms with Crippen molar-refractivity contribution in [3.63, 3.8) is 0 Å². The number of alkyl halides is 3. The molecule has 0 saturated heterocycles. The standard InChI is InChI=1S/C26H24ClF3O3S2.C2H6/c1-5-16(3)15-18(6-2)25-23(33-35(31,32)26(28,29)30)22(19-9-7-17(4)8-10-19)24(34-25)20-11-13-21(27)14-12-20;1-2/h5,7-15H,6H2,1-4H3;1-2H3/b16-5-,18-15+;. The first-order chi connectivity index (χ1) is 17.4. The molecule has 2 aromatic carbocycles. The van der Waals surface area contributed by atoms with E-state index in [2.05, 4.69) is 0 Å². The van der Waals surface area contributed by atoms with Crippen molar-refractivity contribution in [3.8, 4) is 27.3 Å². The first-order valence-electron chi connectivity index (χ1n) is 11.7. The fourth-order valence-corrected chi connectivity index (χ4v) is 5.34. The monoisotopic (exact) mass is 570 g/mol. The van der Waals surface area contributed by atoms with Gasteiger partial charge in [0, 0.05) is 15.5 Å². The van der Waals surface area contributed by atoms with Crippen molar-refractivity contribution in [1.82, 2.24) is 0 Å². The van der Waals surface area contributed by atoms with E-state index in [1.54, 1.807) is 48.5 Å². The molecule has 1 aromatic heterocycles. The van der Waals surface area contributed by atoms with E-state index in [0.717, 1.165) is 11.1 Å². The van der Waals surface area contributed by atoms with Gasteiger partial charge in [0.15, 0.2) is 5.75 Å². The van der Waals surface area contributed by atoms with Crippen molar-refractivity contribution < 1.29 is 25.8 Å². The van der Waals surface area contributed by atoms with Gasteiger partial charge >= 0.3 is 15.6 Å². The van der Waals surface area contributed by atoms with Crippen LogP contribution in [0.3, 0.4) is 0 Å². The summed E-state index contributed by atoms with van der Waals surface area (Å²) < 4.78 is 69.5. The van der Waals surface area contributed by atoms with Crippen LogP contribution in [0.25, 0.3) is 27.1 Å². The van der Waals surface area contributed by atoms with Gasteiger partial charge in [-0.25, -0.2) is 0 Å². The lowest BCUT2D eigenvalue weighted by Crippen LogP contribution is -2.28. The molecular formula is C28H30ClF3O3S2. The number of allylic oxidation sites excluding steroid dienone is 4. The molecule has 0 N–H and O–H groups in total. The highest BCUT2D eigenvalue weighted by molar-refractivity contribution is 7.88. The summed E-state index contributed by atoms with van der Waals surface area (Å²) in [6, 6.07) is 13.9. The second-order valence-electron chi connectivity index (χ2n) is 7.88. The van der Waals surface area contributed by atoms with Crippen LogP contribution in [0, 0.1) is 6.92 Å². The lowest BCUT2D eigenvalue weighted by atomic mass is 9.98.